The zero-order chi connectivity index (χ0) is 30.1. The van der Waals surface area contributed by atoms with Gasteiger partial charge in [0.05, 0.1) is 5.41 Å². The molecule has 180 valence electrons. The minimum atomic E-state index is -1.49. The molecular formula is C30H14B7BrO2S. The molecule has 1 spiro atoms. The summed E-state index contributed by atoms with van der Waals surface area (Å²) in [5.74, 6) is 1.78. The Kier molecular flexibility index (Phi) is 7.50. The van der Waals surface area contributed by atoms with Crippen molar-refractivity contribution >= 4 is 115 Å². The molecule has 0 saturated heterocycles. The first-order valence-corrected chi connectivity index (χ1v) is 13.8. The van der Waals surface area contributed by atoms with Crippen LogP contribution in [0, 0.1) is 12.3 Å². The molecule has 1 heterocycles. The van der Waals surface area contributed by atoms with Crippen LogP contribution in [0.5, 0.6) is 11.5 Å². The quantitative estimate of drug-likeness (QED) is 0.211. The minimum Gasteiger partial charge on any atom is -0.504 e. The number of fused-ring (bicyclic) bond motifs is 7. The van der Waals surface area contributed by atoms with Crippen LogP contribution < -0.4 is 21.9 Å². The molecule has 0 amide bonds. The van der Waals surface area contributed by atoms with Crippen molar-refractivity contribution in [3.8, 4) is 35.0 Å². The first-order chi connectivity index (χ1) is 19.3. The Balaban J connectivity index is 2.17. The van der Waals surface area contributed by atoms with E-state index < -0.39 is 16.9 Å². The van der Waals surface area contributed by atoms with Gasteiger partial charge in [-0.1, -0.05) is 93.3 Å². The second-order valence-corrected chi connectivity index (χ2v) is 11.8. The number of hydrogen-bond donors (Lipinski definition) is 2. The van der Waals surface area contributed by atoms with Crippen molar-refractivity contribution < 1.29 is 10.2 Å². The molecule has 1 atom stereocenters. The standard InChI is InChI=1S/C30H14B7BrO2S/c1-4-12(32)9-18-29(37)30(15(5-2)17(41-18)8-11(3)31)16-10-13(38)6-7-14(16)19-20-21(27(39)28(40)22(19)30)24(34)26(36)25(35)23(20)33/h2,4,6-10,39-40H,1H2,3H3/b11-8+,12-9+. The van der Waals surface area contributed by atoms with Crippen LogP contribution >= 0.6 is 27.7 Å². The Labute approximate surface area is 261 Å². The largest absolute Gasteiger partial charge is 0.504 e. The molecule has 0 fully saturated rings. The lowest BCUT2D eigenvalue weighted by Crippen LogP contribution is -2.48. The van der Waals surface area contributed by atoms with Gasteiger partial charge in [-0.15, -0.1) is 22.8 Å². The van der Waals surface area contributed by atoms with E-state index in [4.69, 9.17) is 61.3 Å². The number of benzene rings is 3. The van der Waals surface area contributed by atoms with E-state index in [0.29, 0.717) is 52.9 Å². The molecule has 3 aromatic rings. The third kappa shape index (κ3) is 4.05. The number of thioether (sulfide) groups is 1. The van der Waals surface area contributed by atoms with Crippen LogP contribution in [0.3, 0.4) is 0 Å². The highest BCUT2D eigenvalue weighted by molar-refractivity contribution is 9.10. The van der Waals surface area contributed by atoms with Gasteiger partial charge >= 0.3 is 0 Å². The number of phenols is 2. The normalized spacial score (nSPS) is 18.6. The van der Waals surface area contributed by atoms with Gasteiger partial charge in [0.25, 0.3) is 0 Å². The molecule has 3 aromatic carbocycles. The van der Waals surface area contributed by atoms with Crippen LogP contribution in [-0.4, -0.2) is 65.1 Å². The summed E-state index contributed by atoms with van der Waals surface area (Å²) in [7, 11) is 44.7. The van der Waals surface area contributed by atoms with Crippen molar-refractivity contribution in [2.75, 3.05) is 0 Å². The van der Waals surface area contributed by atoms with E-state index in [2.05, 4.69) is 28.4 Å². The van der Waals surface area contributed by atoms with Gasteiger partial charge in [0.15, 0.2) is 11.5 Å². The van der Waals surface area contributed by atoms with E-state index in [-0.39, 0.29) is 38.3 Å². The topological polar surface area (TPSA) is 40.5 Å². The Morgan fingerprint density at radius 3 is 2.20 bits per heavy atom. The molecule has 1 unspecified atom stereocenters. The van der Waals surface area contributed by atoms with Gasteiger partial charge in [-0.2, -0.15) is 0 Å². The molecule has 5 rings (SSSR count). The number of allylic oxidation sites excluding steroid dienone is 7. The highest BCUT2D eigenvalue weighted by Crippen LogP contribution is 2.65. The van der Waals surface area contributed by atoms with Crippen LogP contribution in [0.4, 0.5) is 0 Å². The number of phenolic OH excluding ortho intramolecular Hbond substituents is 2. The molecule has 1 aliphatic carbocycles. The van der Waals surface area contributed by atoms with Crippen molar-refractivity contribution in [1.29, 1.82) is 0 Å². The molecule has 2 aliphatic rings. The maximum atomic E-state index is 11.9. The van der Waals surface area contributed by atoms with E-state index in [1.54, 1.807) is 19.1 Å². The lowest BCUT2D eigenvalue weighted by Gasteiger charge is -2.40. The zero-order valence-corrected chi connectivity index (χ0v) is 24.4. The molecule has 1 aliphatic heterocycles. The third-order valence-electron chi connectivity index (χ3n) is 7.43. The summed E-state index contributed by atoms with van der Waals surface area (Å²) in [6.45, 7) is 5.47. The summed E-state index contributed by atoms with van der Waals surface area (Å²) in [5, 5.41) is 23.7. The van der Waals surface area contributed by atoms with E-state index in [1.807, 2.05) is 18.2 Å². The number of aromatic hydroxyl groups is 2. The predicted molar refractivity (Wildman–Crippen MR) is 183 cm³/mol. The van der Waals surface area contributed by atoms with E-state index >= 15 is 0 Å². The zero-order valence-electron chi connectivity index (χ0n) is 22.0. The van der Waals surface area contributed by atoms with Gasteiger partial charge in [-0.3, -0.25) is 0 Å². The Morgan fingerprint density at radius 2 is 1.61 bits per heavy atom. The average Bonchev–Trinajstić information content (AvgIpc) is 3.21. The Bertz CT molecular complexity index is 1910. The van der Waals surface area contributed by atoms with Crippen molar-refractivity contribution in [3.63, 3.8) is 0 Å². The second kappa shape index (κ2) is 10.4. The molecule has 0 saturated carbocycles. The fraction of sp³-hybridized carbons (Fsp3) is 0.0667. The van der Waals surface area contributed by atoms with E-state index in [9.17, 15) is 10.2 Å². The summed E-state index contributed by atoms with van der Waals surface area (Å²) in [6.07, 6.45) is 11.1. The maximum absolute atomic E-state index is 11.9. The fourth-order valence-electron chi connectivity index (χ4n) is 5.70. The van der Waals surface area contributed by atoms with Crippen molar-refractivity contribution in [3.05, 3.63) is 90.4 Å². The summed E-state index contributed by atoms with van der Waals surface area (Å²) in [4.78, 5) is 1.13. The molecule has 2 nitrogen and oxygen atoms in total. The number of hydrogen-bond acceptors (Lipinski definition) is 3. The second-order valence-electron chi connectivity index (χ2n) is 9.79. The van der Waals surface area contributed by atoms with Gasteiger partial charge in [0.1, 0.15) is 54.9 Å². The van der Waals surface area contributed by atoms with Crippen molar-refractivity contribution in [2.24, 2.45) is 0 Å². The molecule has 11 heteroatoms. The SMILES string of the molecule is [B]C1=C(/C=C(/[B])C=C)SC(/C=C(/[B])C)=C(C#C)C12c1cc(Br)ccc1-c1c2c(O)c(O)c2c([B])c([B])c([B])c([B])c12. The van der Waals surface area contributed by atoms with Crippen LogP contribution in [-0.2, 0) is 5.41 Å². The van der Waals surface area contributed by atoms with Gasteiger partial charge < -0.3 is 10.2 Å². The number of halogens is 1. The summed E-state index contributed by atoms with van der Waals surface area (Å²) in [5.41, 5.74) is 1.98. The van der Waals surface area contributed by atoms with Gasteiger partial charge in [-0.05, 0) is 34.2 Å². The highest BCUT2D eigenvalue weighted by atomic mass is 79.9. The average molecular weight is 594 g/mol. The summed E-state index contributed by atoms with van der Waals surface area (Å²) in [6, 6.07) is 5.52. The van der Waals surface area contributed by atoms with E-state index in [1.165, 1.54) is 17.8 Å². The molecule has 41 heavy (non-hydrogen) atoms. The highest BCUT2D eigenvalue weighted by Gasteiger charge is 2.53. The Hall–Kier alpha value is -2.94. The summed E-state index contributed by atoms with van der Waals surface area (Å²) < 4.78 is 0.713. The number of rotatable bonds is 3. The van der Waals surface area contributed by atoms with Crippen LogP contribution in [0.2, 0.25) is 0 Å². The monoisotopic (exact) mass is 594 g/mol. The third-order valence-corrected chi connectivity index (χ3v) is 9.03. The molecule has 0 aromatic heterocycles. The first kappa shape index (κ1) is 29.6. The maximum Gasteiger partial charge on any atom is 0.165 e. The first-order valence-electron chi connectivity index (χ1n) is 12.2. The molecular weight excluding hydrogens is 580 g/mol. The van der Waals surface area contributed by atoms with Crippen LogP contribution in [0.15, 0.2) is 79.3 Å². The van der Waals surface area contributed by atoms with Crippen LogP contribution in [0.1, 0.15) is 18.1 Å². The lowest BCUT2D eigenvalue weighted by atomic mass is 9.59. The van der Waals surface area contributed by atoms with Crippen LogP contribution in [0.25, 0.3) is 21.9 Å². The molecule has 14 radical (unpaired) electrons. The smallest absolute Gasteiger partial charge is 0.165 e. The lowest BCUT2D eigenvalue weighted by molar-refractivity contribution is 0.401. The Morgan fingerprint density at radius 1 is 0.976 bits per heavy atom. The van der Waals surface area contributed by atoms with Gasteiger partial charge in [0, 0.05) is 30.8 Å². The van der Waals surface area contributed by atoms with Gasteiger partial charge in [0.2, 0.25) is 0 Å². The number of terminal acetylenes is 1. The van der Waals surface area contributed by atoms with Gasteiger partial charge in [-0.25, -0.2) is 0 Å². The fourth-order valence-corrected chi connectivity index (χ4v) is 7.32. The predicted octanol–water partition coefficient (Wildman–Crippen LogP) is 1.78. The molecule has 2 N–H and O–H groups in total. The summed E-state index contributed by atoms with van der Waals surface area (Å²) >= 11 is 4.85. The van der Waals surface area contributed by atoms with E-state index in [0.717, 1.165) is 0 Å². The van der Waals surface area contributed by atoms with Crippen molar-refractivity contribution in [1.82, 2.24) is 0 Å². The minimum absolute atomic E-state index is 0.00996. The molecule has 0 bridgehead atoms. The van der Waals surface area contributed by atoms with Crippen molar-refractivity contribution in [2.45, 2.75) is 12.3 Å².